The van der Waals surface area contributed by atoms with E-state index in [1.54, 1.807) is 10.6 Å². The minimum absolute atomic E-state index is 0.185. The van der Waals surface area contributed by atoms with Crippen molar-refractivity contribution < 1.29 is 4.74 Å². The Balaban J connectivity index is 2.26. The lowest BCUT2D eigenvalue weighted by atomic mass is 10.3. The maximum Gasteiger partial charge on any atom is 0.343 e. The first-order valence-corrected chi connectivity index (χ1v) is 7.32. The molecule has 6 nitrogen and oxygen atoms in total. The van der Waals surface area contributed by atoms with Crippen LogP contribution in [0.25, 0.3) is 0 Å². The third-order valence-corrected chi connectivity index (χ3v) is 3.65. The van der Waals surface area contributed by atoms with E-state index in [2.05, 4.69) is 10.2 Å². The van der Waals surface area contributed by atoms with Crippen molar-refractivity contribution in [2.24, 2.45) is 0 Å². The van der Waals surface area contributed by atoms with Gasteiger partial charge in [0.25, 0.3) is 0 Å². The Labute approximate surface area is 121 Å². The molecule has 1 aromatic heterocycles. The summed E-state index contributed by atoms with van der Waals surface area (Å²) in [4.78, 5) is 12.6. The van der Waals surface area contributed by atoms with Crippen molar-refractivity contribution in [3.8, 4) is 5.75 Å². The predicted molar refractivity (Wildman–Crippen MR) is 79.3 cm³/mol. The lowest BCUT2D eigenvalue weighted by molar-refractivity contribution is 0.341. The van der Waals surface area contributed by atoms with E-state index in [0.717, 1.165) is 11.3 Å². The van der Waals surface area contributed by atoms with Gasteiger partial charge >= 0.3 is 5.69 Å². The number of anilines is 1. The molecule has 108 valence electrons. The minimum atomic E-state index is -0.185. The molecule has 0 saturated heterocycles. The molecular weight excluding hydrogens is 276 g/mol. The molecule has 0 aliphatic heterocycles. The molecule has 0 aliphatic carbocycles. The van der Waals surface area contributed by atoms with Gasteiger partial charge in [-0.3, -0.25) is 4.57 Å². The Bertz CT molecular complexity index is 636. The van der Waals surface area contributed by atoms with Gasteiger partial charge in [0.1, 0.15) is 5.75 Å². The second-order valence-corrected chi connectivity index (χ2v) is 5.24. The topological polar surface area (TPSA) is 85.9 Å². The summed E-state index contributed by atoms with van der Waals surface area (Å²) in [5, 5.41) is 7.16. The normalized spacial score (nSPS) is 10.7. The first-order valence-electron chi connectivity index (χ1n) is 6.51. The van der Waals surface area contributed by atoms with Crippen LogP contribution < -0.4 is 16.2 Å². The number of hydrogen-bond donors (Lipinski definition) is 2. The van der Waals surface area contributed by atoms with Gasteiger partial charge < -0.3 is 10.5 Å². The fourth-order valence-electron chi connectivity index (χ4n) is 1.77. The fraction of sp³-hybridized carbons (Fsp3) is 0.385. The molecule has 2 rings (SSSR count). The zero-order valence-corrected chi connectivity index (χ0v) is 12.4. The van der Waals surface area contributed by atoms with Crippen LogP contribution in [0.4, 0.5) is 5.69 Å². The highest BCUT2D eigenvalue weighted by Gasteiger charge is 2.10. The molecule has 0 unspecified atom stereocenters. The summed E-state index contributed by atoms with van der Waals surface area (Å²) in [5.41, 5.74) is 6.26. The summed E-state index contributed by atoms with van der Waals surface area (Å²) in [5.74, 6) is 0.650. The van der Waals surface area contributed by atoms with E-state index in [4.69, 9.17) is 10.5 Å². The van der Waals surface area contributed by atoms with Gasteiger partial charge in [-0.2, -0.15) is 0 Å². The Morgan fingerprint density at radius 2 is 2.25 bits per heavy atom. The van der Waals surface area contributed by atoms with Crippen LogP contribution in [0, 0.1) is 0 Å². The first-order chi connectivity index (χ1) is 9.65. The number of benzene rings is 1. The minimum Gasteiger partial charge on any atom is -0.492 e. The van der Waals surface area contributed by atoms with Crippen LogP contribution in [0.15, 0.2) is 33.0 Å². The molecule has 0 atom stereocenters. The maximum atomic E-state index is 11.6. The standard InChI is InChI=1S/C13H18N4O2S/c1-3-7-17-12(18)15-16-13(17)20-9-5-6-10(14)11(8-9)19-4-2/h5-6,8H,3-4,7,14H2,1-2H3,(H,15,18). The van der Waals surface area contributed by atoms with Crippen molar-refractivity contribution in [1.29, 1.82) is 0 Å². The van der Waals surface area contributed by atoms with Crippen LogP contribution in [-0.2, 0) is 6.54 Å². The number of aromatic nitrogens is 3. The molecule has 20 heavy (non-hydrogen) atoms. The number of nitrogens with two attached hydrogens (primary N) is 1. The summed E-state index contributed by atoms with van der Waals surface area (Å²) in [6, 6.07) is 5.54. The number of nitrogens with zero attached hydrogens (tertiary/aromatic N) is 2. The van der Waals surface area contributed by atoms with Crippen molar-refractivity contribution in [1.82, 2.24) is 14.8 Å². The summed E-state index contributed by atoms with van der Waals surface area (Å²) in [6.45, 7) is 5.13. The van der Waals surface area contributed by atoms with E-state index < -0.39 is 0 Å². The predicted octanol–water partition coefficient (Wildman–Crippen LogP) is 2.11. The molecular formula is C13H18N4O2S. The average molecular weight is 294 g/mol. The molecule has 0 radical (unpaired) electrons. The Morgan fingerprint density at radius 3 is 2.95 bits per heavy atom. The smallest absolute Gasteiger partial charge is 0.343 e. The molecule has 0 fully saturated rings. The summed E-state index contributed by atoms with van der Waals surface area (Å²) < 4.78 is 7.09. The largest absolute Gasteiger partial charge is 0.492 e. The molecule has 0 amide bonds. The van der Waals surface area contributed by atoms with E-state index in [1.807, 2.05) is 26.0 Å². The molecule has 0 spiro atoms. The first kappa shape index (κ1) is 14.5. The molecule has 1 aromatic carbocycles. The quantitative estimate of drug-likeness (QED) is 0.797. The molecule has 1 heterocycles. The van der Waals surface area contributed by atoms with Crippen molar-refractivity contribution in [3.05, 3.63) is 28.7 Å². The van der Waals surface area contributed by atoms with Crippen LogP contribution in [0.5, 0.6) is 5.75 Å². The van der Waals surface area contributed by atoms with Gasteiger partial charge in [0.05, 0.1) is 12.3 Å². The second kappa shape index (κ2) is 6.51. The Morgan fingerprint density at radius 1 is 1.45 bits per heavy atom. The van der Waals surface area contributed by atoms with Crippen molar-refractivity contribution in [2.45, 2.75) is 36.9 Å². The Hall–Kier alpha value is -1.89. The third-order valence-electron chi connectivity index (χ3n) is 2.66. The lowest BCUT2D eigenvalue weighted by Crippen LogP contribution is -2.17. The highest BCUT2D eigenvalue weighted by molar-refractivity contribution is 7.99. The van der Waals surface area contributed by atoms with Crippen LogP contribution in [0.2, 0.25) is 0 Å². The summed E-state index contributed by atoms with van der Waals surface area (Å²) in [6.07, 6.45) is 0.874. The zero-order valence-electron chi connectivity index (χ0n) is 11.5. The van der Waals surface area contributed by atoms with E-state index in [0.29, 0.717) is 29.7 Å². The number of rotatable bonds is 6. The highest BCUT2D eigenvalue weighted by Crippen LogP contribution is 2.31. The van der Waals surface area contributed by atoms with Crippen molar-refractivity contribution in [2.75, 3.05) is 12.3 Å². The van der Waals surface area contributed by atoms with Crippen LogP contribution in [0.3, 0.4) is 0 Å². The van der Waals surface area contributed by atoms with Crippen LogP contribution in [0.1, 0.15) is 20.3 Å². The molecule has 0 bridgehead atoms. The van der Waals surface area contributed by atoms with Crippen molar-refractivity contribution in [3.63, 3.8) is 0 Å². The maximum absolute atomic E-state index is 11.6. The Kier molecular flexibility index (Phi) is 4.73. The number of nitrogen functional groups attached to an aromatic ring is 1. The van der Waals surface area contributed by atoms with Crippen LogP contribution >= 0.6 is 11.8 Å². The van der Waals surface area contributed by atoms with Crippen molar-refractivity contribution >= 4 is 17.4 Å². The van der Waals surface area contributed by atoms with Gasteiger partial charge in [-0.15, -0.1) is 5.10 Å². The van der Waals surface area contributed by atoms with E-state index in [1.165, 1.54) is 11.8 Å². The second-order valence-electron chi connectivity index (χ2n) is 4.20. The molecule has 0 aliphatic rings. The molecule has 3 N–H and O–H groups in total. The average Bonchev–Trinajstić information content (AvgIpc) is 2.76. The van der Waals surface area contributed by atoms with E-state index in [9.17, 15) is 4.79 Å². The summed E-state index contributed by atoms with van der Waals surface area (Å²) in [7, 11) is 0. The monoisotopic (exact) mass is 294 g/mol. The molecule has 0 saturated carbocycles. The van der Waals surface area contributed by atoms with E-state index in [-0.39, 0.29) is 5.69 Å². The van der Waals surface area contributed by atoms with Gasteiger partial charge in [0.2, 0.25) is 0 Å². The molecule has 7 heteroatoms. The van der Waals surface area contributed by atoms with E-state index >= 15 is 0 Å². The number of aromatic amines is 1. The lowest BCUT2D eigenvalue weighted by Gasteiger charge is -2.09. The van der Waals surface area contributed by atoms with Gasteiger partial charge in [-0.1, -0.05) is 6.92 Å². The van der Waals surface area contributed by atoms with Crippen LogP contribution in [-0.4, -0.2) is 21.4 Å². The van der Waals surface area contributed by atoms with Gasteiger partial charge in [0.15, 0.2) is 5.16 Å². The number of H-pyrrole nitrogens is 1. The fourth-order valence-corrected chi connectivity index (χ4v) is 2.65. The molecule has 2 aromatic rings. The number of ether oxygens (including phenoxy) is 1. The zero-order chi connectivity index (χ0) is 14.5. The summed E-state index contributed by atoms with van der Waals surface area (Å²) >= 11 is 1.41. The number of hydrogen-bond acceptors (Lipinski definition) is 5. The SMILES string of the molecule is CCCn1c(Sc2ccc(N)c(OCC)c2)n[nH]c1=O. The van der Waals surface area contributed by atoms with Gasteiger partial charge in [-0.05, 0) is 43.3 Å². The van der Waals surface area contributed by atoms with Gasteiger partial charge in [0, 0.05) is 11.4 Å². The number of nitrogens with one attached hydrogen (secondary N) is 1. The third kappa shape index (κ3) is 3.16. The van der Waals surface area contributed by atoms with Gasteiger partial charge in [-0.25, -0.2) is 9.89 Å². The highest BCUT2D eigenvalue weighted by atomic mass is 32.2.